The quantitative estimate of drug-likeness (QED) is 0.778. The van der Waals surface area contributed by atoms with Crippen molar-refractivity contribution >= 4 is 5.91 Å². The van der Waals surface area contributed by atoms with Crippen LogP contribution in [0.2, 0.25) is 0 Å². The molecule has 0 spiro atoms. The van der Waals surface area contributed by atoms with Gasteiger partial charge in [-0.25, -0.2) is 0 Å². The highest BCUT2D eigenvalue weighted by Crippen LogP contribution is 2.17. The van der Waals surface area contributed by atoms with Gasteiger partial charge in [0.1, 0.15) is 5.75 Å². The van der Waals surface area contributed by atoms with Gasteiger partial charge < -0.3 is 20.5 Å². The first-order valence-electron chi connectivity index (χ1n) is 6.27. The number of ether oxygens (including phenoxy) is 2. The second-order valence-corrected chi connectivity index (χ2v) is 4.39. The van der Waals surface area contributed by atoms with Crippen LogP contribution in [0, 0.1) is 0 Å². The summed E-state index contributed by atoms with van der Waals surface area (Å²) in [5.41, 5.74) is 6.77. The zero-order chi connectivity index (χ0) is 14.3. The number of benzene rings is 1. The zero-order valence-corrected chi connectivity index (χ0v) is 11.7. The van der Waals surface area contributed by atoms with E-state index in [1.807, 2.05) is 31.2 Å². The van der Waals surface area contributed by atoms with E-state index in [0.717, 1.165) is 11.3 Å². The van der Waals surface area contributed by atoms with Gasteiger partial charge in [0.05, 0.1) is 19.2 Å². The molecule has 106 valence electrons. The molecule has 0 aromatic heterocycles. The van der Waals surface area contributed by atoms with Crippen LogP contribution in [0.15, 0.2) is 24.3 Å². The van der Waals surface area contributed by atoms with Crippen molar-refractivity contribution in [2.75, 3.05) is 20.8 Å². The van der Waals surface area contributed by atoms with Gasteiger partial charge in [0.2, 0.25) is 5.91 Å². The predicted molar refractivity (Wildman–Crippen MR) is 74.0 cm³/mol. The number of hydrogen-bond acceptors (Lipinski definition) is 4. The molecule has 2 atom stereocenters. The Bertz CT molecular complexity index is 392. The summed E-state index contributed by atoms with van der Waals surface area (Å²) in [6.07, 6.45) is 0.512. The number of carbonyl (C=O) groups is 1. The molecule has 1 rings (SSSR count). The van der Waals surface area contributed by atoms with Crippen LogP contribution in [0.5, 0.6) is 5.75 Å². The molecule has 0 aliphatic heterocycles. The van der Waals surface area contributed by atoms with E-state index in [0.29, 0.717) is 13.0 Å². The van der Waals surface area contributed by atoms with Crippen molar-refractivity contribution in [3.63, 3.8) is 0 Å². The lowest BCUT2D eigenvalue weighted by Gasteiger charge is -2.18. The minimum absolute atomic E-state index is 0.0907. The average molecular weight is 266 g/mol. The monoisotopic (exact) mass is 266 g/mol. The number of carbonyl (C=O) groups excluding carboxylic acids is 1. The normalized spacial score (nSPS) is 13.7. The first-order chi connectivity index (χ1) is 9.08. The summed E-state index contributed by atoms with van der Waals surface area (Å²) >= 11 is 0. The van der Waals surface area contributed by atoms with Crippen molar-refractivity contribution in [1.82, 2.24) is 5.32 Å². The maximum atomic E-state index is 11.8. The van der Waals surface area contributed by atoms with Gasteiger partial charge in [-0.15, -0.1) is 0 Å². The van der Waals surface area contributed by atoms with Crippen molar-refractivity contribution < 1.29 is 14.3 Å². The second kappa shape index (κ2) is 7.76. The first kappa shape index (κ1) is 15.5. The molecular weight excluding hydrogens is 244 g/mol. The lowest BCUT2D eigenvalue weighted by Crippen LogP contribution is -2.42. The Labute approximate surface area is 114 Å². The lowest BCUT2D eigenvalue weighted by molar-refractivity contribution is -0.123. The fraction of sp³-hybridized carbons (Fsp3) is 0.500. The van der Waals surface area contributed by atoms with Gasteiger partial charge in [-0.1, -0.05) is 12.1 Å². The van der Waals surface area contributed by atoms with Gasteiger partial charge >= 0.3 is 0 Å². The molecular formula is C14H22N2O3. The van der Waals surface area contributed by atoms with Crippen LogP contribution in [0.3, 0.4) is 0 Å². The van der Waals surface area contributed by atoms with Gasteiger partial charge in [0.15, 0.2) is 0 Å². The van der Waals surface area contributed by atoms with E-state index in [4.69, 9.17) is 15.2 Å². The van der Waals surface area contributed by atoms with Crippen LogP contribution in [0.4, 0.5) is 0 Å². The maximum absolute atomic E-state index is 11.8. The Morgan fingerprint density at radius 1 is 1.32 bits per heavy atom. The highest BCUT2D eigenvalue weighted by molar-refractivity contribution is 5.81. The molecule has 19 heavy (non-hydrogen) atoms. The average Bonchev–Trinajstić information content (AvgIpc) is 2.44. The van der Waals surface area contributed by atoms with E-state index in [2.05, 4.69) is 5.32 Å². The largest absolute Gasteiger partial charge is 0.497 e. The third kappa shape index (κ3) is 4.89. The molecule has 1 aromatic carbocycles. The highest BCUT2D eigenvalue weighted by Gasteiger charge is 2.16. The highest BCUT2D eigenvalue weighted by atomic mass is 16.5. The number of methoxy groups -OCH3 is 2. The molecule has 0 fully saturated rings. The molecule has 0 aliphatic rings. The maximum Gasteiger partial charge on any atom is 0.237 e. The number of rotatable bonds is 7. The molecule has 0 bridgehead atoms. The molecule has 5 heteroatoms. The summed E-state index contributed by atoms with van der Waals surface area (Å²) in [6.45, 7) is 2.40. The van der Waals surface area contributed by atoms with E-state index in [-0.39, 0.29) is 11.9 Å². The summed E-state index contributed by atoms with van der Waals surface area (Å²) in [5, 5.41) is 2.88. The SMILES string of the molecule is COCCC(N)C(=O)N[C@@H](C)c1ccc(OC)cc1. The summed E-state index contributed by atoms with van der Waals surface area (Å²) in [5.74, 6) is 0.624. The van der Waals surface area contributed by atoms with Gasteiger partial charge in [-0.05, 0) is 31.0 Å². The fourth-order valence-electron chi connectivity index (χ4n) is 1.67. The molecule has 0 heterocycles. The molecule has 0 radical (unpaired) electrons. The Morgan fingerprint density at radius 2 is 1.95 bits per heavy atom. The van der Waals surface area contributed by atoms with Crippen molar-refractivity contribution in [3.05, 3.63) is 29.8 Å². The third-order valence-corrected chi connectivity index (χ3v) is 2.94. The van der Waals surface area contributed by atoms with Crippen LogP contribution in [-0.4, -0.2) is 32.8 Å². The van der Waals surface area contributed by atoms with Crippen molar-refractivity contribution in [2.24, 2.45) is 5.73 Å². The predicted octanol–water partition coefficient (Wildman–Crippen LogP) is 1.24. The zero-order valence-electron chi connectivity index (χ0n) is 11.7. The molecule has 0 aliphatic carbocycles. The number of hydrogen-bond donors (Lipinski definition) is 2. The topological polar surface area (TPSA) is 73.6 Å². The molecule has 5 nitrogen and oxygen atoms in total. The number of nitrogens with two attached hydrogens (primary N) is 1. The molecule has 1 amide bonds. The van der Waals surface area contributed by atoms with Crippen LogP contribution in [0.1, 0.15) is 24.9 Å². The van der Waals surface area contributed by atoms with E-state index in [1.165, 1.54) is 0 Å². The summed E-state index contributed by atoms with van der Waals surface area (Å²) < 4.78 is 10.00. The smallest absolute Gasteiger partial charge is 0.237 e. The molecule has 0 saturated heterocycles. The molecule has 1 unspecified atom stereocenters. The molecule has 0 saturated carbocycles. The van der Waals surface area contributed by atoms with E-state index in [9.17, 15) is 4.79 Å². The van der Waals surface area contributed by atoms with Crippen LogP contribution in [-0.2, 0) is 9.53 Å². The van der Waals surface area contributed by atoms with Crippen molar-refractivity contribution in [2.45, 2.75) is 25.4 Å². The van der Waals surface area contributed by atoms with Crippen LogP contribution < -0.4 is 15.8 Å². The Kier molecular flexibility index (Phi) is 6.32. The van der Waals surface area contributed by atoms with E-state index < -0.39 is 6.04 Å². The lowest BCUT2D eigenvalue weighted by atomic mass is 10.1. The molecule has 3 N–H and O–H groups in total. The molecule has 1 aromatic rings. The van der Waals surface area contributed by atoms with Gasteiger partial charge in [-0.3, -0.25) is 4.79 Å². The van der Waals surface area contributed by atoms with Crippen LogP contribution >= 0.6 is 0 Å². The van der Waals surface area contributed by atoms with E-state index in [1.54, 1.807) is 14.2 Å². The van der Waals surface area contributed by atoms with Gasteiger partial charge in [0.25, 0.3) is 0 Å². The Morgan fingerprint density at radius 3 is 2.47 bits per heavy atom. The van der Waals surface area contributed by atoms with Crippen molar-refractivity contribution in [3.8, 4) is 5.75 Å². The summed E-state index contributed by atoms with van der Waals surface area (Å²) in [4.78, 5) is 11.8. The van der Waals surface area contributed by atoms with Crippen molar-refractivity contribution in [1.29, 1.82) is 0 Å². The Hall–Kier alpha value is -1.59. The summed E-state index contributed by atoms with van der Waals surface area (Å²) in [6, 6.07) is 6.94. The number of amides is 1. The standard InChI is InChI=1S/C14H22N2O3/c1-10(11-4-6-12(19-3)7-5-11)16-14(17)13(15)8-9-18-2/h4-7,10,13H,8-9,15H2,1-3H3,(H,16,17)/t10-,13?/m0/s1. The first-order valence-corrected chi connectivity index (χ1v) is 6.27. The van der Waals surface area contributed by atoms with E-state index >= 15 is 0 Å². The summed E-state index contributed by atoms with van der Waals surface area (Å²) in [7, 11) is 3.21. The van der Waals surface area contributed by atoms with Crippen LogP contribution in [0.25, 0.3) is 0 Å². The van der Waals surface area contributed by atoms with Gasteiger partial charge in [0, 0.05) is 13.7 Å². The fourth-order valence-corrected chi connectivity index (χ4v) is 1.67. The second-order valence-electron chi connectivity index (χ2n) is 4.39. The number of nitrogens with one attached hydrogen (secondary N) is 1. The minimum atomic E-state index is -0.541. The van der Waals surface area contributed by atoms with Gasteiger partial charge in [-0.2, -0.15) is 0 Å². The third-order valence-electron chi connectivity index (χ3n) is 2.94. The minimum Gasteiger partial charge on any atom is -0.497 e. The Balaban J connectivity index is 2.53.